The van der Waals surface area contributed by atoms with Crippen LogP contribution in [0.25, 0.3) is 11.5 Å². The molecular weight excluding hydrogens is 419 g/mol. The van der Waals surface area contributed by atoms with Crippen LogP contribution in [0.5, 0.6) is 0 Å². The van der Waals surface area contributed by atoms with E-state index in [1.807, 2.05) is 17.0 Å². The number of benzene rings is 1. The van der Waals surface area contributed by atoms with E-state index in [4.69, 9.17) is 21.1 Å². The topological polar surface area (TPSA) is 72.1 Å². The maximum atomic E-state index is 13.6. The van der Waals surface area contributed by atoms with Gasteiger partial charge in [0.05, 0.1) is 10.4 Å². The maximum Gasteiger partial charge on any atom is 0.258 e. The highest BCUT2D eigenvalue weighted by Gasteiger charge is 2.46. The smallest absolute Gasteiger partial charge is 0.258 e. The van der Waals surface area contributed by atoms with Crippen LogP contribution in [-0.4, -0.2) is 39.0 Å². The van der Waals surface area contributed by atoms with E-state index in [1.165, 1.54) is 31.0 Å². The minimum atomic E-state index is -0.532. The molecule has 31 heavy (non-hydrogen) atoms. The van der Waals surface area contributed by atoms with Gasteiger partial charge in [-0.05, 0) is 55.5 Å². The quantitative estimate of drug-likeness (QED) is 0.564. The molecular formula is C23H22ClFN4O2. The summed E-state index contributed by atoms with van der Waals surface area (Å²) in [5.41, 5.74) is 0.854. The molecule has 1 aromatic carbocycles. The van der Waals surface area contributed by atoms with Gasteiger partial charge in [-0.2, -0.15) is 4.98 Å². The third-order valence-electron chi connectivity index (χ3n) is 6.23. The third kappa shape index (κ3) is 4.06. The number of nitrogens with zero attached hydrogens (tertiary/aromatic N) is 4. The van der Waals surface area contributed by atoms with Crippen LogP contribution in [0.4, 0.5) is 4.39 Å². The van der Waals surface area contributed by atoms with E-state index in [-0.39, 0.29) is 16.3 Å². The molecule has 8 heteroatoms. The van der Waals surface area contributed by atoms with Crippen LogP contribution < -0.4 is 0 Å². The van der Waals surface area contributed by atoms with Crippen LogP contribution in [0.3, 0.4) is 0 Å². The lowest BCUT2D eigenvalue weighted by molar-refractivity contribution is 0.0607. The molecule has 160 valence electrons. The van der Waals surface area contributed by atoms with Crippen molar-refractivity contribution in [2.45, 2.75) is 37.5 Å². The van der Waals surface area contributed by atoms with Crippen molar-refractivity contribution in [1.29, 1.82) is 0 Å². The van der Waals surface area contributed by atoms with E-state index in [0.29, 0.717) is 36.3 Å². The predicted molar refractivity (Wildman–Crippen MR) is 113 cm³/mol. The summed E-state index contributed by atoms with van der Waals surface area (Å²) in [4.78, 5) is 23.8. The minimum Gasteiger partial charge on any atom is -0.338 e. The van der Waals surface area contributed by atoms with E-state index in [9.17, 15) is 9.18 Å². The van der Waals surface area contributed by atoms with Gasteiger partial charge in [0.1, 0.15) is 5.82 Å². The number of likely N-dealkylation sites (tertiary alicyclic amines) is 1. The van der Waals surface area contributed by atoms with Crippen molar-refractivity contribution < 1.29 is 13.7 Å². The second-order valence-corrected chi connectivity index (χ2v) is 8.95. The van der Waals surface area contributed by atoms with Crippen LogP contribution in [0.15, 0.2) is 47.2 Å². The number of aromatic nitrogens is 3. The molecule has 1 aliphatic heterocycles. The molecule has 6 nitrogen and oxygen atoms in total. The summed E-state index contributed by atoms with van der Waals surface area (Å²) < 4.78 is 19.1. The zero-order valence-electron chi connectivity index (χ0n) is 16.9. The lowest BCUT2D eigenvalue weighted by Crippen LogP contribution is -2.49. The van der Waals surface area contributed by atoms with Gasteiger partial charge >= 0.3 is 0 Å². The predicted octanol–water partition coefficient (Wildman–Crippen LogP) is 4.90. The van der Waals surface area contributed by atoms with Crippen molar-refractivity contribution in [2.24, 2.45) is 5.92 Å². The second-order valence-electron chi connectivity index (χ2n) is 8.55. The number of hydrogen-bond acceptors (Lipinski definition) is 5. The second kappa shape index (κ2) is 8.04. The first-order valence-corrected chi connectivity index (χ1v) is 10.9. The van der Waals surface area contributed by atoms with Crippen LogP contribution in [0.2, 0.25) is 5.02 Å². The molecule has 3 aromatic rings. The van der Waals surface area contributed by atoms with Crippen molar-refractivity contribution in [3.8, 4) is 11.5 Å². The number of rotatable bonds is 5. The Bertz CT molecular complexity index is 1100. The van der Waals surface area contributed by atoms with Gasteiger partial charge in [0.15, 0.2) is 5.82 Å². The van der Waals surface area contributed by atoms with Crippen LogP contribution in [0.1, 0.15) is 48.3 Å². The van der Waals surface area contributed by atoms with Crippen LogP contribution in [0, 0.1) is 11.7 Å². The summed E-state index contributed by atoms with van der Waals surface area (Å²) in [7, 11) is 0. The first-order chi connectivity index (χ1) is 15.0. The Hall–Kier alpha value is -2.80. The standard InChI is InChI=1S/C23H22ClFN4O2/c24-18-12-17(4-5-19(18)25)21(30)29-11-1-8-23(14-29,13-15-2-3-15)22-27-20(31-28-22)16-6-9-26-10-7-16/h4-7,9-10,12,15H,1-3,8,11,13-14H2. The zero-order valence-corrected chi connectivity index (χ0v) is 17.7. The summed E-state index contributed by atoms with van der Waals surface area (Å²) in [6.07, 6.45) is 8.42. The highest BCUT2D eigenvalue weighted by atomic mass is 35.5. The molecule has 2 fully saturated rings. The van der Waals surface area contributed by atoms with Gasteiger partial charge in [-0.15, -0.1) is 0 Å². The number of pyridine rings is 1. The zero-order chi connectivity index (χ0) is 21.4. The number of piperidine rings is 1. The fraction of sp³-hybridized carbons (Fsp3) is 0.391. The van der Waals surface area contributed by atoms with Gasteiger partial charge in [-0.25, -0.2) is 4.39 Å². The average molecular weight is 441 g/mol. The monoisotopic (exact) mass is 440 g/mol. The molecule has 0 bridgehead atoms. The highest BCUT2D eigenvalue weighted by Crippen LogP contribution is 2.46. The van der Waals surface area contributed by atoms with Gasteiger partial charge < -0.3 is 9.42 Å². The lowest BCUT2D eigenvalue weighted by Gasteiger charge is -2.41. The maximum absolute atomic E-state index is 13.6. The Morgan fingerprint density at radius 2 is 2.06 bits per heavy atom. The molecule has 2 aliphatic rings. The van der Waals surface area contributed by atoms with E-state index in [2.05, 4.69) is 10.1 Å². The summed E-state index contributed by atoms with van der Waals surface area (Å²) in [6.45, 7) is 1.14. The Labute approximate surface area is 184 Å². The molecule has 1 aliphatic carbocycles. The number of hydrogen-bond donors (Lipinski definition) is 0. The summed E-state index contributed by atoms with van der Waals surface area (Å²) in [5.74, 6) is 1.05. The Kier molecular flexibility index (Phi) is 5.22. The molecule has 1 saturated heterocycles. The fourth-order valence-electron chi connectivity index (χ4n) is 4.48. The average Bonchev–Trinajstić information content (AvgIpc) is 3.45. The first kappa shape index (κ1) is 20.1. The number of carbonyl (C=O) groups excluding carboxylic acids is 1. The van der Waals surface area contributed by atoms with Gasteiger partial charge in [0, 0.05) is 36.6 Å². The van der Waals surface area contributed by atoms with E-state index in [0.717, 1.165) is 24.8 Å². The molecule has 5 rings (SSSR count). The number of halogens is 2. The Morgan fingerprint density at radius 3 is 2.81 bits per heavy atom. The highest BCUT2D eigenvalue weighted by molar-refractivity contribution is 6.31. The fourth-order valence-corrected chi connectivity index (χ4v) is 4.66. The molecule has 1 unspecified atom stereocenters. The third-order valence-corrected chi connectivity index (χ3v) is 6.52. The van der Waals surface area contributed by atoms with E-state index >= 15 is 0 Å². The summed E-state index contributed by atoms with van der Waals surface area (Å²) >= 11 is 5.90. The molecule has 1 saturated carbocycles. The van der Waals surface area contributed by atoms with Crippen molar-refractivity contribution in [1.82, 2.24) is 20.0 Å². The van der Waals surface area contributed by atoms with Gasteiger partial charge in [-0.1, -0.05) is 29.6 Å². The van der Waals surface area contributed by atoms with E-state index in [1.54, 1.807) is 12.4 Å². The SMILES string of the molecule is O=C(c1ccc(F)c(Cl)c1)N1CCCC(CC2CC2)(c2noc(-c3ccncc3)n2)C1. The van der Waals surface area contributed by atoms with Gasteiger partial charge in [0.2, 0.25) is 0 Å². The lowest BCUT2D eigenvalue weighted by atomic mass is 9.74. The van der Waals surface area contributed by atoms with Crippen LogP contribution in [-0.2, 0) is 5.41 Å². The van der Waals surface area contributed by atoms with Crippen molar-refractivity contribution in [3.05, 3.63) is 65.0 Å². The molecule has 0 N–H and O–H groups in total. The molecule has 0 spiro atoms. The van der Waals surface area contributed by atoms with E-state index < -0.39 is 5.82 Å². The summed E-state index contributed by atoms with van der Waals surface area (Å²) in [6, 6.07) is 7.78. The van der Waals surface area contributed by atoms with Crippen molar-refractivity contribution in [2.75, 3.05) is 13.1 Å². The molecule has 0 radical (unpaired) electrons. The molecule has 2 aromatic heterocycles. The summed E-state index contributed by atoms with van der Waals surface area (Å²) in [5, 5.41) is 4.30. The number of carbonyl (C=O) groups is 1. The normalized spacial score (nSPS) is 21.3. The van der Waals surface area contributed by atoms with Crippen molar-refractivity contribution >= 4 is 17.5 Å². The van der Waals surface area contributed by atoms with Gasteiger partial charge in [0.25, 0.3) is 11.8 Å². The molecule has 1 atom stereocenters. The first-order valence-electron chi connectivity index (χ1n) is 10.5. The van der Waals surface area contributed by atoms with Crippen LogP contribution >= 0.6 is 11.6 Å². The molecule has 3 heterocycles. The Balaban J connectivity index is 1.44. The van der Waals surface area contributed by atoms with Gasteiger partial charge in [-0.3, -0.25) is 9.78 Å². The Morgan fingerprint density at radius 1 is 1.26 bits per heavy atom. The minimum absolute atomic E-state index is 0.0488. The number of amides is 1. The molecule has 1 amide bonds. The largest absolute Gasteiger partial charge is 0.338 e. The van der Waals surface area contributed by atoms with Crippen molar-refractivity contribution in [3.63, 3.8) is 0 Å².